The number of esters is 1. The lowest BCUT2D eigenvalue weighted by Gasteiger charge is -2.21. The zero-order chi connectivity index (χ0) is 21.1. The molecule has 0 aliphatic carbocycles. The molecule has 8 nitrogen and oxygen atoms in total. The van der Waals surface area contributed by atoms with Crippen LogP contribution in [0.4, 0.5) is 10.1 Å². The third-order valence-corrected chi connectivity index (χ3v) is 4.51. The van der Waals surface area contributed by atoms with Gasteiger partial charge in [-0.3, -0.25) is 14.5 Å². The van der Waals surface area contributed by atoms with Crippen molar-refractivity contribution in [3.8, 4) is 17.2 Å². The van der Waals surface area contributed by atoms with E-state index in [-0.39, 0.29) is 43.1 Å². The van der Waals surface area contributed by atoms with Crippen molar-refractivity contribution >= 4 is 17.6 Å². The van der Waals surface area contributed by atoms with Crippen molar-refractivity contribution in [3.05, 3.63) is 60.2 Å². The van der Waals surface area contributed by atoms with Crippen molar-refractivity contribution in [2.75, 3.05) is 18.1 Å². The fourth-order valence-corrected chi connectivity index (χ4v) is 3.02. The Bertz CT molecular complexity index is 1070. The summed E-state index contributed by atoms with van der Waals surface area (Å²) in [5.74, 6) is -0.439. The van der Waals surface area contributed by atoms with E-state index in [1.165, 1.54) is 29.2 Å². The molecule has 0 saturated heterocycles. The van der Waals surface area contributed by atoms with Crippen LogP contribution in [-0.4, -0.2) is 35.2 Å². The molecule has 154 valence electrons. The molecule has 3 aromatic rings. The number of fused-ring (bicyclic) bond motifs is 1. The van der Waals surface area contributed by atoms with Gasteiger partial charge < -0.3 is 13.9 Å². The average Bonchev–Trinajstić information content (AvgIpc) is 3.18. The minimum absolute atomic E-state index is 0.0913. The van der Waals surface area contributed by atoms with E-state index in [2.05, 4.69) is 10.2 Å². The molecule has 1 aromatic heterocycles. The van der Waals surface area contributed by atoms with E-state index in [0.29, 0.717) is 17.0 Å². The van der Waals surface area contributed by atoms with Crippen LogP contribution < -0.4 is 9.64 Å². The van der Waals surface area contributed by atoms with E-state index in [4.69, 9.17) is 13.9 Å². The summed E-state index contributed by atoms with van der Waals surface area (Å²) in [5.41, 5.74) is 1.06. The number of carbonyl (C=O) groups excluding carboxylic acids is 2. The fraction of sp³-hybridized carbons (Fsp3) is 0.238. The smallest absolute Gasteiger partial charge is 0.326 e. The molecule has 0 radical (unpaired) electrons. The van der Waals surface area contributed by atoms with Gasteiger partial charge in [-0.05, 0) is 43.3 Å². The van der Waals surface area contributed by atoms with Gasteiger partial charge in [0, 0.05) is 5.56 Å². The van der Waals surface area contributed by atoms with Gasteiger partial charge in [-0.1, -0.05) is 12.1 Å². The highest BCUT2D eigenvalue weighted by Gasteiger charge is 2.27. The Morgan fingerprint density at radius 1 is 1.20 bits per heavy atom. The van der Waals surface area contributed by atoms with Gasteiger partial charge in [-0.2, -0.15) is 0 Å². The maximum absolute atomic E-state index is 13.1. The van der Waals surface area contributed by atoms with Crippen molar-refractivity contribution in [3.63, 3.8) is 0 Å². The SMILES string of the molecule is C[C@H](OC(=O)CN1C(=O)CCOc2ccccc21)c1nnc(-c2ccc(F)cc2)o1. The van der Waals surface area contributed by atoms with Crippen LogP contribution in [-0.2, 0) is 14.3 Å². The second-order valence-electron chi connectivity index (χ2n) is 6.63. The molecule has 0 fully saturated rings. The van der Waals surface area contributed by atoms with Gasteiger partial charge in [0.2, 0.25) is 11.8 Å². The highest BCUT2D eigenvalue weighted by Crippen LogP contribution is 2.31. The number of carbonyl (C=O) groups is 2. The number of halogens is 1. The first-order chi connectivity index (χ1) is 14.5. The normalized spacial score (nSPS) is 14.5. The van der Waals surface area contributed by atoms with Crippen molar-refractivity contribution < 1.29 is 27.9 Å². The minimum Gasteiger partial charge on any atom is -0.491 e. The molecule has 2 aromatic carbocycles. The van der Waals surface area contributed by atoms with Crippen molar-refractivity contribution in [1.82, 2.24) is 10.2 Å². The quantitative estimate of drug-likeness (QED) is 0.595. The largest absolute Gasteiger partial charge is 0.491 e. The highest BCUT2D eigenvalue weighted by atomic mass is 19.1. The van der Waals surface area contributed by atoms with Gasteiger partial charge >= 0.3 is 5.97 Å². The number of hydrogen-bond acceptors (Lipinski definition) is 7. The molecule has 0 spiro atoms. The van der Waals surface area contributed by atoms with Crippen LogP contribution in [0.1, 0.15) is 25.3 Å². The van der Waals surface area contributed by atoms with E-state index in [1.54, 1.807) is 31.2 Å². The number of anilines is 1. The standard InChI is InChI=1S/C21H18FN3O5/c1-13(20-23-24-21(30-20)14-6-8-15(22)9-7-14)29-19(27)12-25-16-4-2-3-5-17(16)28-11-10-18(25)26/h2-9,13H,10-12H2,1H3/t13-/m0/s1. The second-order valence-corrected chi connectivity index (χ2v) is 6.63. The van der Waals surface area contributed by atoms with E-state index >= 15 is 0 Å². The highest BCUT2D eigenvalue weighted by molar-refractivity contribution is 5.99. The Kier molecular flexibility index (Phi) is 5.42. The van der Waals surface area contributed by atoms with Crippen molar-refractivity contribution in [1.29, 1.82) is 0 Å². The summed E-state index contributed by atoms with van der Waals surface area (Å²) in [6.45, 7) is 1.55. The maximum atomic E-state index is 13.1. The molecule has 1 aliphatic heterocycles. The molecule has 1 atom stereocenters. The summed E-state index contributed by atoms with van der Waals surface area (Å²) >= 11 is 0. The number of para-hydroxylation sites is 2. The van der Waals surface area contributed by atoms with E-state index in [0.717, 1.165) is 0 Å². The van der Waals surface area contributed by atoms with E-state index in [9.17, 15) is 14.0 Å². The van der Waals surface area contributed by atoms with Crippen LogP contribution in [0, 0.1) is 5.82 Å². The molecular formula is C21H18FN3O5. The Labute approximate surface area is 171 Å². The predicted molar refractivity (Wildman–Crippen MR) is 103 cm³/mol. The van der Waals surface area contributed by atoms with Crippen LogP contribution in [0.3, 0.4) is 0 Å². The zero-order valence-electron chi connectivity index (χ0n) is 16.1. The van der Waals surface area contributed by atoms with Gasteiger partial charge in [0.25, 0.3) is 5.89 Å². The average molecular weight is 411 g/mol. The van der Waals surface area contributed by atoms with E-state index in [1.807, 2.05) is 0 Å². The summed E-state index contributed by atoms with van der Waals surface area (Å²) in [5, 5.41) is 7.80. The Morgan fingerprint density at radius 2 is 1.97 bits per heavy atom. The monoisotopic (exact) mass is 411 g/mol. The molecule has 2 heterocycles. The molecule has 1 amide bonds. The van der Waals surface area contributed by atoms with Gasteiger partial charge in [-0.15, -0.1) is 10.2 Å². The first-order valence-electron chi connectivity index (χ1n) is 9.32. The lowest BCUT2D eigenvalue weighted by atomic mass is 10.2. The summed E-state index contributed by atoms with van der Waals surface area (Å²) < 4.78 is 29.5. The number of ether oxygens (including phenoxy) is 2. The molecule has 30 heavy (non-hydrogen) atoms. The first-order valence-corrected chi connectivity index (χ1v) is 9.32. The molecule has 0 N–H and O–H groups in total. The van der Waals surface area contributed by atoms with Gasteiger partial charge in [0.1, 0.15) is 18.1 Å². The van der Waals surface area contributed by atoms with Crippen LogP contribution in [0.15, 0.2) is 52.9 Å². The topological polar surface area (TPSA) is 94.8 Å². The number of aromatic nitrogens is 2. The molecule has 0 saturated carbocycles. The lowest BCUT2D eigenvalue weighted by molar-refractivity contribution is -0.148. The first kappa shape index (κ1) is 19.6. The van der Waals surface area contributed by atoms with Gasteiger partial charge in [0.05, 0.1) is 18.7 Å². The molecular weight excluding hydrogens is 393 g/mol. The molecule has 0 bridgehead atoms. The fourth-order valence-electron chi connectivity index (χ4n) is 3.02. The lowest BCUT2D eigenvalue weighted by Crippen LogP contribution is -2.36. The Balaban J connectivity index is 1.44. The van der Waals surface area contributed by atoms with Crippen LogP contribution >= 0.6 is 0 Å². The van der Waals surface area contributed by atoms with E-state index < -0.39 is 12.1 Å². The molecule has 0 unspecified atom stereocenters. The van der Waals surface area contributed by atoms with Gasteiger partial charge in [-0.25, -0.2) is 4.39 Å². The summed E-state index contributed by atoms with van der Waals surface area (Å²) in [7, 11) is 0. The van der Waals surface area contributed by atoms with Crippen LogP contribution in [0.2, 0.25) is 0 Å². The number of rotatable bonds is 5. The third kappa shape index (κ3) is 4.14. The van der Waals surface area contributed by atoms with Crippen molar-refractivity contribution in [2.45, 2.75) is 19.4 Å². The number of hydrogen-bond donors (Lipinski definition) is 0. The molecule has 4 rings (SSSR count). The molecule has 9 heteroatoms. The summed E-state index contributed by atoms with van der Waals surface area (Å²) in [4.78, 5) is 26.3. The summed E-state index contributed by atoms with van der Waals surface area (Å²) in [6, 6.07) is 12.6. The van der Waals surface area contributed by atoms with Crippen LogP contribution in [0.5, 0.6) is 5.75 Å². The minimum atomic E-state index is -0.826. The molecule has 1 aliphatic rings. The second kappa shape index (κ2) is 8.32. The summed E-state index contributed by atoms with van der Waals surface area (Å²) in [6.07, 6.45) is -0.671. The number of benzene rings is 2. The van der Waals surface area contributed by atoms with Gasteiger partial charge in [0.15, 0.2) is 6.10 Å². The number of nitrogens with zero attached hydrogens (tertiary/aromatic N) is 3. The Hall–Kier alpha value is -3.75. The maximum Gasteiger partial charge on any atom is 0.326 e. The Morgan fingerprint density at radius 3 is 2.77 bits per heavy atom. The predicted octanol–water partition coefficient (Wildman–Crippen LogP) is 3.30. The van der Waals surface area contributed by atoms with Crippen LogP contribution in [0.25, 0.3) is 11.5 Å². The number of amides is 1. The van der Waals surface area contributed by atoms with Crippen molar-refractivity contribution in [2.24, 2.45) is 0 Å². The third-order valence-electron chi connectivity index (χ3n) is 4.51. The zero-order valence-corrected chi connectivity index (χ0v) is 16.1.